The molecule has 19 heavy (non-hydrogen) atoms. The summed E-state index contributed by atoms with van der Waals surface area (Å²) in [4.78, 5) is 4.38. The van der Waals surface area contributed by atoms with Crippen LogP contribution in [0.15, 0.2) is 35.1 Å². The second-order valence-electron chi connectivity index (χ2n) is 4.21. The van der Waals surface area contributed by atoms with E-state index >= 15 is 0 Å². The van der Waals surface area contributed by atoms with E-state index in [1.807, 2.05) is 30.6 Å². The summed E-state index contributed by atoms with van der Waals surface area (Å²) in [5, 5.41) is 3.29. The van der Waals surface area contributed by atoms with E-state index in [9.17, 15) is 0 Å². The molecule has 2 aromatic rings. The van der Waals surface area contributed by atoms with Crippen molar-refractivity contribution in [2.45, 2.75) is 20.0 Å². The first-order chi connectivity index (χ1) is 9.24. The number of ether oxygens (including phenoxy) is 1. The zero-order valence-electron chi connectivity index (χ0n) is 11.2. The molecule has 0 fully saturated rings. The largest absolute Gasteiger partial charge is 0.497 e. The number of hydrogen-bond donors (Lipinski definition) is 1. The van der Waals surface area contributed by atoms with Gasteiger partial charge in [-0.3, -0.25) is 0 Å². The third kappa shape index (κ3) is 3.58. The number of aromatic nitrogens is 2. The molecule has 5 heteroatoms. The maximum atomic E-state index is 5.27. The lowest BCUT2D eigenvalue weighted by molar-refractivity contribution is 0.414. The molecule has 0 amide bonds. The summed E-state index contributed by atoms with van der Waals surface area (Å²) in [6.45, 7) is 4.59. The summed E-state index contributed by atoms with van der Waals surface area (Å²) >= 11 is 3.58. The van der Waals surface area contributed by atoms with Gasteiger partial charge in [0.05, 0.1) is 20.2 Å². The lowest BCUT2D eigenvalue weighted by Crippen LogP contribution is -2.16. The Hall–Kier alpha value is -1.33. The highest BCUT2D eigenvalue weighted by Gasteiger charge is 2.07. The highest BCUT2D eigenvalue weighted by atomic mass is 79.9. The maximum Gasteiger partial charge on any atom is 0.122 e. The molecular formula is C14H18BrN3O. The van der Waals surface area contributed by atoms with Crippen LogP contribution in [-0.2, 0) is 13.1 Å². The third-order valence-corrected chi connectivity index (χ3v) is 3.70. The van der Waals surface area contributed by atoms with Crippen LogP contribution in [0.4, 0.5) is 0 Å². The molecule has 0 radical (unpaired) electrons. The molecule has 0 aliphatic heterocycles. The van der Waals surface area contributed by atoms with Crippen LogP contribution in [0.2, 0.25) is 0 Å². The molecule has 0 unspecified atom stereocenters. The Bertz CT molecular complexity index is 539. The quantitative estimate of drug-likeness (QED) is 0.888. The van der Waals surface area contributed by atoms with Gasteiger partial charge in [0.25, 0.3) is 0 Å². The molecule has 0 aliphatic carbocycles. The normalized spacial score (nSPS) is 10.7. The molecule has 4 nitrogen and oxygen atoms in total. The average molecular weight is 324 g/mol. The predicted molar refractivity (Wildman–Crippen MR) is 79.4 cm³/mol. The standard InChI is InChI=1S/C14H18BrN3O/c1-3-16-9-14-17-6-7-18(14)10-11-8-12(19-2)4-5-13(11)15/h4-8,16H,3,9-10H2,1-2H3. The van der Waals surface area contributed by atoms with Crippen LogP contribution in [0.1, 0.15) is 18.3 Å². The Morgan fingerprint density at radius 2 is 2.26 bits per heavy atom. The van der Waals surface area contributed by atoms with E-state index in [0.717, 1.165) is 35.7 Å². The van der Waals surface area contributed by atoms with Crippen LogP contribution >= 0.6 is 15.9 Å². The first-order valence-electron chi connectivity index (χ1n) is 6.27. The number of benzene rings is 1. The first-order valence-corrected chi connectivity index (χ1v) is 7.07. The molecule has 0 spiro atoms. The monoisotopic (exact) mass is 323 g/mol. The number of hydrogen-bond acceptors (Lipinski definition) is 3. The summed E-state index contributed by atoms with van der Waals surface area (Å²) in [6.07, 6.45) is 3.83. The highest BCUT2D eigenvalue weighted by molar-refractivity contribution is 9.10. The van der Waals surface area contributed by atoms with Crippen molar-refractivity contribution in [3.05, 3.63) is 46.5 Å². The number of nitrogens with zero attached hydrogens (tertiary/aromatic N) is 2. The van der Waals surface area contributed by atoms with Gasteiger partial charge in [-0.05, 0) is 30.3 Å². The van der Waals surface area contributed by atoms with Gasteiger partial charge in [-0.15, -0.1) is 0 Å². The van der Waals surface area contributed by atoms with Crippen LogP contribution < -0.4 is 10.1 Å². The van der Waals surface area contributed by atoms with E-state index in [1.165, 1.54) is 5.56 Å². The van der Waals surface area contributed by atoms with Crippen LogP contribution in [0.3, 0.4) is 0 Å². The molecule has 102 valence electrons. The molecule has 0 atom stereocenters. The third-order valence-electron chi connectivity index (χ3n) is 2.93. The Labute approximate surface area is 121 Å². The van der Waals surface area contributed by atoms with Crippen molar-refractivity contribution in [1.82, 2.24) is 14.9 Å². The lowest BCUT2D eigenvalue weighted by Gasteiger charge is -2.11. The second-order valence-corrected chi connectivity index (χ2v) is 5.06. The number of rotatable bonds is 6. The Morgan fingerprint density at radius 3 is 3.00 bits per heavy atom. The summed E-state index contributed by atoms with van der Waals surface area (Å²) in [5.74, 6) is 1.91. The number of halogens is 1. The van der Waals surface area contributed by atoms with Gasteiger partial charge in [0.2, 0.25) is 0 Å². The highest BCUT2D eigenvalue weighted by Crippen LogP contribution is 2.23. The molecule has 0 saturated heterocycles. The van der Waals surface area contributed by atoms with E-state index in [4.69, 9.17) is 4.74 Å². The molecule has 1 N–H and O–H groups in total. The molecule has 1 aromatic carbocycles. The zero-order valence-corrected chi connectivity index (χ0v) is 12.8. The predicted octanol–water partition coefficient (Wildman–Crippen LogP) is 2.81. The minimum absolute atomic E-state index is 0.776. The molecule has 0 bridgehead atoms. The van der Waals surface area contributed by atoms with Crippen LogP contribution in [0.5, 0.6) is 5.75 Å². The second kappa shape index (κ2) is 6.73. The fourth-order valence-electron chi connectivity index (χ4n) is 1.87. The van der Waals surface area contributed by atoms with Gasteiger partial charge >= 0.3 is 0 Å². The SMILES string of the molecule is CCNCc1nccn1Cc1cc(OC)ccc1Br. The van der Waals surface area contributed by atoms with Crippen molar-refractivity contribution in [2.24, 2.45) is 0 Å². The van der Waals surface area contributed by atoms with Crippen molar-refractivity contribution >= 4 is 15.9 Å². The van der Waals surface area contributed by atoms with Crippen LogP contribution in [0, 0.1) is 0 Å². The summed E-state index contributed by atoms with van der Waals surface area (Å²) in [5.41, 5.74) is 1.18. The summed E-state index contributed by atoms with van der Waals surface area (Å²) in [7, 11) is 1.68. The Morgan fingerprint density at radius 1 is 1.42 bits per heavy atom. The first kappa shape index (κ1) is 14.1. The van der Waals surface area contributed by atoms with Gasteiger partial charge in [-0.2, -0.15) is 0 Å². The molecule has 0 aliphatic rings. The van der Waals surface area contributed by atoms with E-state index in [2.05, 4.69) is 37.7 Å². The molecule has 1 aromatic heterocycles. The lowest BCUT2D eigenvalue weighted by atomic mass is 10.2. The van der Waals surface area contributed by atoms with Gasteiger partial charge in [0.1, 0.15) is 11.6 Å². The average Bonchev–Trinajstić information content (AvgIpc) is 2.86. The zero-order chi connectivity index (χ0) is 13.7. The van der Waals surface area contributed by atoms with Crippen LogP contribution in [-0.4, -0.2) is 23.2 Å². The van der Waals surface area contributed by atoms with E-state index in [-0.39, 0.29) is 0 Å². The van der Waals surface area contributed by atoms with Gasteiger partial charge in [0.15, 0.2) is 0 Å². The van der Waals surface area contributed by atoms with Crippen molar-refractivity contribution in [2.75, 3.05) is 13.7 Å². The maximum absolute atomic E-state index is 5.27. The van der Waals surface area contributed by atoms with Gasteiger partial charge in [-0.25, -0.2) is 4.98 Å². The van der Waals surface area contributed by atoms with Crippen molar-refractivity contribution < 1.29 is 4.74 Å². The molecule has 2 rings (SSSR count). The van der Waals surface area contributed by atoms with Crippen LogP contribution in [0.25, 0.3) is 0 Å². The summed E-state index contributed by atoms with van der Waals surface area (Å²) in [6, 6.07) is 6.00. The molecule has 0 saturated carbocycles. The topological polar surface area (TPSA) is 39.1 Å². The van der Waals surface area contributed by atoms with Gasteiger partial charge < -0.3 is 14.6 Å². The number of methoxy groups -OCH3 is 1. The Kier molecular flexibility index (Phi) is 4.99. The fraction of sp³-hybridized carbons (Fsp3) is 0.357. The summed E-state index contributed by atoms with van der Waals surface area (Å²) < 4.78 is 8.49. The minimum atomic E-state index is 0.776. The molecular weight excluding hydrogens is 306 g/mol. The number of imidazole rings is 1. The van der Waals surface area contributed by atoms with E-state index in [0.29, 0.717) is 0 Å². The van der Waals surface area contributed by atoms with E-state index in [1.54, 1.807) is 7.11 Å². The number of nitrogens with one attached hydrogen (secondary N) is 1. The van der Waals surface area contributed by atoms with Crippen molar-refractivity contribution in [3.63, 3.8) is 0 Å². The molecule has 1 heterocycles. The van der Waals surface area contributed by atoms with Gasteiger partial charge in [-0.1, -0.05) is 22.9 Å². The smallest absolute Gasteiger partial charge is 0.122 e. The fourth-order valence-corrected chi connectivity index (χ4v) is 2.24. The van der Waals surface area contributed by atoms with Crippen molar-refractivity contribution in [3.8, 4) is 5.75 Å². The minimum Gasteiger partial charge on any atom is -0.497 e. The van der Waals surface area contributed by atoms with E-state index < -0.39 is 0 Å². The Balaban J connectivity index is 2.18. The van der Waals surface area contributed by atoms with Gasteiger partial charge in [0, 0.05) is 16.9 Å². The van der Waals surface area contributed by atoms with Crippen molar-refractivity contribution in [1.29, 1.82) is 0 Å².